The molecule has 0 unspecified atom stereocenters. The molecule has 0 aliphatic carbocycles. The summed E-state index contributed by atoms with van der Waals surface area (Å²) in [7, 11) is 0. The van der Waals surface area contributed by atoms with Crippen LogP contribution in [-0.2, 0) is 6.42 Å². The number of aryl methyl sites for hydroxylation is 2. The minimum Gasteiger partial charge on any atom is -0.348 e. The van der Waals surface area contributed by atoms with Crippen LogP contribution in [0.5, 0.6) is 0 Å². The number of rotatable bonds is 4. The summed E-state index contributed by atoms with van der Waals surface area (Å²) in [6.07, 6.45) is 4.20. The number of hydrogen-bond donors (Lipinski definition) is 2. The van der Waals surface area contributed by atoms with Crippen LogP contribution in [0.15, 0.2) is 17.7 Å². The van der Waals surface area contributed by atoms with Gasteiger partial charge in [0.1, 0.15) is 0 Å². The van der Waals surface area contributed by atoms with Gasteiger partial charge in [0.15, 0.2) is 0 Å². The van der Waals surface area contributed by atoms with E-state index in [9.17, 15) is 4.79 Å². The average Bonchev–Trinajstić information content (AvgIpc) is 2.78. The zero-order chi connectivity index (χ0) is 13.0. The second-order valence-corrected chi connectivity index (χ2v) is 5.71. The highest BCUT2D eigenvalue weighted by Gasteiger charge is 2.12. The quantitative estimate of drug-likeness (QED) is 0.819. The van der Waals surface area contributed by atoms with Gasteiger partial charge in [-0.2, -0.15) is 0 Å². The molecule has 0 saturated heterocycles. The van der Waals surface area contributed by atoms with E-state index in [1.54, 1.807) is 11.3 Å². The van der Waals surface area contributed by atoms with Crippen LogP contribution >= 0.6 is 11.3 Å². The third-order valence-electron chi connectivity index (χ3n) is 3.20. The molecular weight excluding hydrogens is 244 g/mol. The van der Waals surface area contributed by atoms with Crippen LogP contribution in [0.4, 0.5) is 0 Å². The first-order valence-corrected chi connectivity index (χ1v) is 7.28. The van der Waals surface area contributed by atoms with Crippen LogP contribution in [0.3, 0.4) is 0 Å². The van der Waals surface area contributed by atoms with Crippen molar-refractivity contribution in [3.63, 3.8) is 0 Å². The monoisotopic (exact) mass is 264 g/mol. The fourth-order valence-electron chi connectivity index (χ4n) is 2.09. The fraction of sp³-hybridized carbons (Fsp3) is 0.500. The Hall–Kier alpha value is -1.13. The van der Waals surface area contributed by atoms with E-state index in [4.69, 9.17) is 0 Å². The van der Waals surface area contributed by atoms with Crippen LogP contribution < -0.4 is 10.6 Å². The lowest BCUT2D eigenvalue weighted by atomic mass is 10.1. The molecule has 3 nitrogen and oxygen atoms in total. The van der Waals surface area contributed by atoms with E-state index in [2.05, 4.69) is 30.6 Å². The lowest BCUT2D eigenvalue weighted by molar-refractivity contribution is 0.0960. The highest BCUT2D eigenvalue weighted by atomic mass is 32.1. The maximum Gasteiger partial charge on any atom is 0.261 e. The first-order chi connectivity index (χ1) is 8.70. The lowest BCUT2D eigenvalue weighted by Gasteiger charge is -2.14. The first kappa shape index (κ1) is 13.3. The summed E-state index contributed by atoms with van der Waals surface area (Å²) >= 11 is 1.61. The molecule has 98 valence electrons. The molecule has 1 aliphatic heterocycles. The molecule has 0 aromatic carbocycles. The van der Waals surface area contributed by atoms with Gasteiger partial charge in [0.2, 0.25) is 0 Å². The van der Waals surface area contributed by atoms with Gasteiger partial charge in [0.25, 0.3) is 5.91 Å². The van der Waals surface area contributed by atoms with Gasteiger partial charge < -0.3 is 10.6 Å². The Morgan fingerprint density at radius 2 is 2.39 bits per heavy atom. The predicted octanol–water partition coefficient (Wildman–Crippen LogP) is 2.27. The minimum absolute atomic E-state index is 0.0576. The van der Waals surface area contributed by atoms with Crippen molar-refractivity contribution in [2.75, 3.05) is 19.6 Å². The van der Waals surface area contributed by atoms with Gasteiger partial charge in [-0.3, -0.25) is 4.79 Å². The van der Waals surface area contributed by atoms with E-state index in [0.717, 1.165) is 30.8 Å². The molecule has 0 spiro atoms. The third kappa shape index (κ3) is 3.21. The van der Waals surface area contributed by atoms with E-state index < -0.39 is 0 Å². The van der Waals surface area contributed by atoms with Crippen LogP contribution in [-0.4, -0.2) is 25.5 Å². The predicted molar refractivity (Wildman–Crippen MR) is 76.3 cm³/mol. The standard InChI is InChI=1S/C14H20N2OS/c1-3-12-10(2)8-13(18-12)14(17)16-9-11-4-6-15-7-5-11/h4,8,15H,3,5-7,9H2,1-2H3,(H,16,17). The first-order valence-electron chi connectivity index (χ1n) is 6.47. The van der Waals surface area contributed by atoms with Gasteiger partial charge in [0.05, 0.1) is 4.88 Å². The number of hydrogen-bond acceptors (Lipinski definition) is 3. The molecule has 1 aromatic heterocycles. The molecule has 2 rings (SSSR count). The normalized spacial score (nSPS) is 15.3. The molecule has 1 aromatic rings. The molecule has 0 atom stereocenters. The summed E-state index contributed by atoms with van der Waals surface area (Å²) < 4.78 is 0. The van der Waals surface area contributed by atoms with Crippen LogP contribution in [0.25, 0.3) is 0 Å². The fourth-order valence-corrected chi connectivity index (χ4v) is 3.12. The lowest BCUT2D eigenvalue weighted by Crippen LogP contribution is -2.29. The summed E-state index contributed by atoms with van der Waals surface area (Å²) in [5.74, 6) is 0.0576. The Kier molecular flexibility index (Phi) is 4.55. The SMILES string of the molecule is CCc1sc(C(=O)NCC2=CCNCC2)cc1C. The second-order valence-electron chi connectivity index (χ2n) is 4.57. The molecule has 1 amide bonds. The molecule has 1 aliphatic rings. The van der Waals surface area contributed by atoms with Crippen LogP contribution in [0, 0.1) is 6.92 Å². The van der Waals surface area contributed by atoms with Crippen molar-refractivity contribution in [1.29, 1.82) is 0 Å². The summed E-state index contributed by atoms with van der Waals surface area (Å²) in [6, 6.07) is 2.00. The number of carbonyl (C=O) groups excluding carboxylic acids is 1. The zero-order valence-electron chi connectivity index (χ0n) is 11.0. The Labute approximate surface area is 112 Å². The summed E-state index contributed by atoms with van der Waals surface area (Å²) in [6.45, 7) is 6.81. The second kappa shape index (κ2) is 6.16. The van der Waals surface area contributed by atoms with E-state index in [-0.39, 0.29) is 5.91 Å². The smallest absolute Gasteiger partial charge is 0.261 e. The van der Waals surface area contributed by atoms with Crippen molar-refractivity contribution >= 4 is 17.2 Å². The van der Waals surface area contributed by atoms with E-state index in [1.807, 2.05) is 6.07 Å². The molecule has 0 radical (unpaired) electrons. The average molecular weight is 264 g/mol. The topological polar surface area (TPSA) is 41.1 Å². The Bertz CT molecular complexity index is 462. The number of amides is 1. The van der Waals surface area contributed by atoms with Crippen molar-refractivity contribution in [2.24, 2.45) is 0 Å². The minimum atomic E-state index is 0.0576. The van der Waals surface area contributed by atoms with Gasteiger partial charge in [-0.25, -0.2) is 0 Å². The number of carbonyl (C=O) groups is 1. The van der Waals surface area contributed by atoms with Gasteiger partial charge in [-0.05, 0) is 37.9 Å². The molecular formula is C14H20N2OS. The Morgan fingerprint density at radius 3 is 3.00 bits per heavy atom. The highest BCUT2D eigenvalue weighted by Crippen LogP contribution is 2.22. The maximum absolute atomic E-state index is 12.0. The van der Waals surface area contributed by atoms with Gasteiger partial charge in [-0.1, -0.05) is 18.6 Å². The molecule has 2 heterocycles. The Balaban J connectivity index is 1.92. The Morgan fingerprint density at radius 1 is 1.56 bits per heavy atom. The van der Waals surface area contributed by atoms with Crippen molar-refractivity contribution in [1.82, 2.24) is 10.6 Å². The van der Waals surface area contributed by atoms with Crippen molar-refractivity contribution in [3.05, 3.63) is 33.0 Å². The van der Waals surface area contributed by atoms with Gasteiger partial charge in [-0.15, -0.1) is 11.3 Å². The van der Waals surface area contributed by atoms with Gasteiger partial charge >= 0.3 is 0 Å². The molecule has 0 saturated carbocycles. The zero-order valence-corrected chi connectivity index (χ0v) is 11.8. The highest BCUT2D eigenvalue weighted by molar-refractivity contribution is 7.14. The largest absolute Gasteiger partial charge is 0.348 e. The van der Waals surface area contributed by atoms with Gasteiger partial charge in [0, 0.05) is 18.0 Å². The molecule has 0 fully saturated rings. The summed E-state index contributed by atoms with van der Waals surface area (Å²) in [5, 5.41) is 6.27. The van der Waals surface area contributed by atoms with Crippen molar-refractivity contribution < 1.29 is 4.79 Å². The summed E-state index contributed by atoms with van der Waals surface area (Å²) in [5.41, 5.74) is 2.56. The molecule has 0 bridgehead atoms. The van der Waals surface area contributed by atoms with Crippen molar-refractivity contribution in [2.45, 2.75) is 26.7 Å². The molecule has 18 heavy (non-hydrogen) atoms. The van der Waals surface area contributed by atoms with E-state index >= 15 is 0 Å². The third-order valence-corrected chi connectivity index (χ3v) is 4.58. The van der Waals surface area contributed by atoms with Crippen LogP contribution in [0.1, 0.15) is 33.5 Å². The van der Waals surface area contributed by atoms with E-state index in [1.165, 1.54) is 16.0 Å². The number of thiophene rings is 1. The van der Waals surface area contributed by atoms with E-state index in [0.29, 0.717) is 6.54 Å². The van der Waals surface area contributed by atoms with Crippen LogP contribution in [0.2, 0.25) is 0 Å². The number of nitrogens with one attached hydrogen (secondary N) is 2. The van der Waals surface area contributed by atoms with Crippen molar-refractivity contribution in [3.8, 4) is 0 Å². The molecule has 4 heteroatoms. The maximum atomic E-state index is 12.0. The summed E-state index contributed by atoms with van der Waals surface area (Å²) in [4.78, 5) is 14.2. The molecule has 2 N–H and O–H groups in total.